The highest BCUT2D eigenvalue weighted by atomic mass is 127. The molecule has 0 radical (unpaired) electrons. The second-order valence-electron chi connectivity index (χ2n) is 2.23. The van der Waals surface area contributed by atoms with Crippen LogP contribution in [0.25, 0.3) is 0 Å². The minimum absolute atomic E-state index is 0.105. The standard InChI is InChI=1S/C7H5ClF2IN/c1-3-5(8)6(11)4(2-12-3)7(9)10/h2,7H,1H3. The quantitative estimate of drug-likeness (QED) is 0.723. The Morgan fingerprint density at radius 2 is 2.17 bits per heavy atom. The lowest BCUT2D eigenvalue weighted by Gasteiger charge is -2.05. The maximum Gasteiger partial charge on any atom is 0.266 e. The summed E-state index contributed by atoms with van der Waals surface area (Å²) in [6, 6.07) is 0. The fraction of sp³-hybridized carbons (Fsp3) is 0.286. The van der Waals surface area contributed by atoms with E-state index in [4.69, 9.17) is 11.6 Å². The van der Waals surface area contributed by atoms with Crippen LogP contribution in [0.4, 0.5) is 8.78 Å². The largest absolute Gasteiger partial charge is 0.266 e. The van der Waals surface area contributed by atoms with E-state index >= 15 is 0 Å². The zero-order valence-corrected chi connectivity index (χ0v) is 9.03. The molecule has 1 aromatic rings. The number of aryl methyl sites for hydroxylation is 1. The zero-order chi connectivity index (χ0) is 9.30. The maximum absolute atomic E-state index is 12.2. The smallest absolute Gasteiger partial charge is 0.259 e. The first kappa shape index (κ1) is 10.1. The minimum atomic E-state index is -2.51. The third-order valence-electron chi connectivity index (χ3n) is 1.40. The summed E-state index contributed by atoms with van der Waals surface area (Å²) in [5.41, 5.74) is 0.469. The third-order valence-corrected chi connectivity index (χ3v) is 3.34. The predicted molar refractivity (Wildman–Crippen MR) is 51.7 cm³/mol. The Balaban J connectivity index is 3.27. The van der Waals surface area contributed by atoms with E-state index in [1.807, 2.05) is 0 Å². The van der Waals surface area contributed by atoms with Gasteiger partial charge in [0.15, 0.2) is 0 Å². The van der Waals surface area contributed by atoms with Gasteiger partial charge < -0.3 is 0 Å². The molecule has 5 heteroatoms. The molecule has 0 spiro atoms. The number of pyridine rings is 1. The molecule has 0 aliphatic heterocycles. The van der Waals surface area contributed by atoms with Gasteiger partial charge in [0.25, 0.3) is 6.43 Å². The van der Waals surface area contributed by atoms with Gasteiger partial charge in [-0.2, -0.15) is 0 Å². The normalized spacial score (nSPS) is 10.8. The van der Waals surface area contributed by atoms with E-state index in [0.717, 1.165) is 6.20 Å². The molecule has 1 heterocycles. The summed E-state index contributed by atoms with van der Waals surface area (Å²) < 4.78 is 24.9. The molecule has 0 bridgehead atoms. The Morgan fingerprint density at radius 3 is 2.67 bits per heavy atom. The van der Waals surface area contributed by atoms with Crippen LogP contribution in [0.2, 0.25) is 5.02 Å². The highest BCUT2D eigenvalue weighted by Crippen LogP contribution is 2.30. The average Bonchev–Trinajstić information content (AvgIpc) is 2.00. The van der Waals surface area contributed by atoms with Gasteiger partial charge in [0.05, 0.1) is 16.3 Å². The van der Waals surface area contributed by atoms with Gasteiger partial charge in [-0.1, -0.05) is 11.6 Å². The van der Waals surface area contributed by atoms with Gasteiger partial charge in [0.2, 0.25) is 0 Å². The van der Waals surface area contributed by atoms with Gasteiger partial charge >= 0.3 is 0 Å². The molecule has 1 aromatic heterocycles. The van der Waals surface area contributed by atoms with Crippen molar-refractivity contribution in [2.24, 2.45) is 0 Å². The number of hydrogen-bond acceptors (Lipinski definition) is 1. The molecule has 0 N–H and O–H groups in total. The van der Waals surface area contributed by atoms with Crippen LogP contribution in [-0.2, 0) is 0 Å². The molecule has 0 fully saturated rings. The molecule has 0 amide bonds. The van der Waals surface area contributed by atoms with Gasteiger partial charge in [0.1, 0.15) is 0 Å². The fourth-order valence-corrected chi connectivity index (χ4v) is 1.64. The van der Waals surface area contributed by atoms with E-state index in [1.165, 1.54) is 0 Å². The van der Waals surface area contributed by atoms with Crippen LogP contribution in [0.15, 0.2) is 6.20 Å². The summed E-state index contributed by atoms with van der Waals surface area (Å²) >= 11 is 7.52. The summed E-state index contributed by atoms with van der Waals surface area (Å²) in [6.07, 6.45) is -1.35. The van der Waals surface area contributed by atoms with Crippen LogP contribution in [0.5, 0.6) is 0 Å². The van der Waals surface area contributed by atoms with Crippen molar-refractivity contribution in [3.63, 3.8) is 0 Å². The SMILES string of the molecule is Cc1ncc(C(F)F)c(I)c1Cl. The molecule has 0 aliphatic carbocycles. The molecule has 1 nitrogen and oxygen atoms in total. The number of rotatable bonds is 1. The van der Waals surface area contributed by atoms with E-state index < -0.39 is 6.43 Å². The average molecular weight is 303 g/mol. The number of nitrogens with zero attached hydrogens (tertiary/aromatic N) is 1. The monoisotopic (exact) mass is 303 g/mol. The minimum Gasteiger partial charge on any atom is -0.259 e. The highest BCUT2D eigenvalue weighted by molar-refractivity contribution is 14.1. The fourth-order valence-electron chi connectivity index (χ4n) is 0.717. The lowest BCUT2D eigenvalue weighted by atomic mass is 10.2. The molecular formula is C7H5ClF2IN. The van der Waals surface area contributed by atoms with E-state index in [9.17, 15) is 8.78 Å². The zero-order valence-electron chi connectivity index (χ0n) is 6.11. The van der Waals surface area contributed by atoms with E-state index in [-0.39, 0.29) is 5.56 Å². The summed E-state index contributed by atoms with van der Waals surface area (Å²) in [6.45, 7) is 1.68. The molecule has 0 saturated carbocycles. The summed E-state index contributed by atoms with van der Waals surface area (Å²) in [4.78, 5) is 3.74. The topological polar surface area (TPSA) is 12.9 Å². The Kier molecular flexibility index (Phi) is 3.22. The first-order valence-corrected chi connectivity index (χ1v) is 4.58. The molecule has 0 aliphatic rings. The van der Waals surface area contributed by atoms with Crippen molar-refractivity contribution in [2.75, 3.05) is 0 Å². The first-order valence-electron chi connectivity index (χ1n) is 3.12. The number of alkyl halides is 2. The van der Waals surface area contributed by atoms with Gasteiger partial charge in [-0.05, 0) is 29.5 Å². The number of aromatic nitrogens is 1. The van der Waals surface area contributed by atoms with Gasteiger partial charge in [-0.3, -0.25) is 4.98 Å². The maximum atomic E-state index is 12.2. The van der Waals surface area contributed by atoms with Crippen molar-refractivity contribution in [1.29, 1.82) is 0 Å². The van der Waals surface area contributed by atoms with Crippen molar-refractivity contribution >= 4 is 34.2 Å². The van der Waals surface area contributed by atoms with Crippen LogP contribution >= 0.6 is 34.2 Å². The summed E-state index contributed by atoms with van der Waals surface area (Å²) in [5, 5.41) is 0.313. The van der Waals surface area contributed by atoms with Crippen molar-refractivity contribution < 1.29 is 8.78 Å². The molecule has 12 heavy (non-hydrogen) atoms. The number of halogens is 4. The van der Waals surface area contributed by atoms with Gasteiger partial charge in [0, 0.05) is 9.77 Å². The predicted octanol–water partition coefficient (Wildman–Crippen LogP) is 3.59. The first-order chi connectivity index (χ1) is 5.54. The Labute approximate surface area is 87.3 Å². The van der Waals surface area contributed by atoms with E-state index in [2.05, 4.69) is 4.98 Å². The third kappa shape index (κ3) is 1.85. The lowest BCUT2D eigenvalue weighted by Crippen LogP contribution is -1.95. The van der Waals surface area contributed by atoms with Crippen LogP contribution in [0.3, 0.4) is 0 Å². The van der Waals surface area contributed by atoms with Crippen molar-refractivity contribution in [3.05, 3.63) is 26.0 Å². The van der Waals surface area contributed by atoms with Crippen LogP contribution in [0, 0.1) is 10.5 Å². The van der Waals surface area contributed by atoms with Gasteiger partial charge in [-0.25, -0.2) is 8.78 Å². The van der Waals surface area contributed by atoms with Crippen LogP contribution in [0.1, 0.15) is 17.7 Å². The summed E-state index contributed by atoms with van der Waals surface area (Å²) in [5.74, 6) is 0. The van der Waals surface area contributed by atoms with Crippen molar-refractivity contribution in [3.8, 4) is 0 Å². The van der Waals surface area contributed by atoms with Crippen molar-refractivity contribution in [1.82, 2.24) is 4.98 Å². The second kappa shape index (κ2) is 3.83. The molecule has 1 rings (SSSR count). The molecule has 0 atom stereocenters. The van der Waals surface area contributed by atoms with Gasteiger partial charge in [-0.15, -0.1) is 0 Å². The molecule has 0 unspecified atom stereocenters. The molecular weight excluding hydrogens is 298 g/mol. The van der Waals surface area contributed by atoms with Crippen LogP contribution in [-0.4, -0.2) is 4.98 Å². The van der Waals surface area contributed by atoms with Crippen molar-refractivity contribution in [2.45, 2.75) is 13.3 Å². The molecule has 0 aromatic carbocycles. The molecule has 0 saturated heterocycles. The Bertz CT molecular complexity index is 304. The van der Waals surface area contributed by atoms with E-state index in [1.54, 1.807) is 29.5 Å². The highest BCUT2D eigenvalue weighted by Gasteiger charge is 2.15. The second-order valence-corrected chi connectivity index (χ2v) is 3.68. The summed E-state index contributed by atoms with van der Waals surface area (Å²) in [7, 11) is 0. The number of hydrogen-bond donors (Lipinski definition) is 0. The Hall–Kier alpha value is 0.0300. The van der Waals surface area contributed by atoms with Crippen LogP contribution < -0.4 is 0 Å². The lowest BCUT2D eigenvalue weighted by molar-refractivity contribution is 0.150. The van der Waals surface area contributed by atoms with E-state index in [0.29, 0.717) is 14.3 Å². The Morgan fingerprint density at radius 1 is 1.58 bits per heavy atom. The molecule has 66 valence electrons.